The average molecular weight is 306 g/mol. The van der Waals surface area contributed by atoms with Gasteiger partial charge in [0.2, 0.25) is 0 Å². The van der Waals surface area contributed by atoms with Gasteiger partial charge in [-0.05, 0) is 19.1 Å². The van der Waals surface area contributed by atoms with Gasteiger partial charge in [-0.25, -0.2) is 4.98 Å². The van der Waals surface area contributed by atoms with Gasteiger partial charge in [-0.15, -0.1) is 11.3 Å². The molecule has 1 aromatic heterocycles. The number of rotatable bonds is 6. The fraction of sp³-hybridized carbons (Fsp3) is 0.333. The molecule has 2 rings (SSSR count). The van der Waals surface area contributed by atoms with Crippen LogP contribution < -0.4 is 14.8 Å². The van der Waals surface area contributed by atoms with E-state index in [-0.39, 0.29) is 5.91 Å². The summed E-state index contributed by atoms with van der Waals surface area (Å²) in [6.07, 6.45) is 0.702. The standard InChI is InChI=1S/C15H18N2O3S/c1-10-17-11(9-21-10)7-8-16-15(18)14-12(19-2)5-4-6-13(14)20-3/h4-6,9H,7-8H2,1-3H3,(H,16,18). The van der Waals surface area contributed by atoms with E-state index in [1.165, 1.54) is 14.2 Å². The van der Waals surface area contributed by atoms with Gasteiger partial charge in [0.1, 0.15) is 17.1 Å². The summed E-state index contributed by atoms with van der Waals surface area (Å²) in [5.74, 6) is 0.781. The summed E-state index contributed by atoms with van der Waals surface area (Å²) in [7, 11) is 3.06. The molecule has 0 radical (unpaired) electrons. The Bertz CT molecular complexity index is 603. The molecule has 0 saturated heterocycles. The first-order valence-corrected chi connectivity index (χ1v) is 7.44. The molecule has 6 heteroatoms. The lowest BCUT2D eigenvalue weighted by Crippen LogP contribution is -2.26. The molecule has 1 amide bonds. The highest BCUT2D eigenvalue weighted by molar-refractivity contribution is 7.09. The lowest BCUT2D eigenvalue weighted by atomic mass is 10.1. The number of benzene rings is 1. The van der Waals surface area contributed by atoms with Gasteiger partial charge in [0.15, 0.2) is 0 Å². The lowest BCUT2D eigenvalue weighted by Gasteiger charge is -2.12. The summed E-state index contributed by atoms with van der Waals surface area (Å²) in [6, 6.07) is 5.26. The van der Waals surface area contributed by atoms with E-state index in [2.05, 4.69) is 10.3 Å². The molecule has 1 aromatic carbocycles. The fourth-order valence-corrected chi connectivity index (χ4v) is 2.64. The van der Waals surface area contributed by atoms with Gasteiger partial charge in [-0.3, -0.25) is 4.79 Å². The molecule has 0 atom stereocenters. The summed E-state index contributed by atoms with van der Waals surface area (Å²) in [4.78, 5) is 16.7. The van der Waals surface area contributed by atoms with Crippen LogP contribution in [-0.4, -0.2) is 31.7 Å². The van der Waals surface area contributed by atoms with Crippen LogP contribution in [0, 0.1) is 6.92 Å². The van der Waals surface area contributed by atoms with Crippen LogP contribution in [0.5, 0.6) is 11.5 Å². The van der Waals surface area contributed by atoms with E-state index in [0.29, 0.717) is 30.0 Å². The van der Waals surface area contributed by atoms with Crippen LogP contribution in [0.25, 0.3) is 0 Å². The molecule has 21 heavy (non-hydrogen) atoms. The molecule has 0 spiro atoms. The van der Waals surface area contributed by atoms with Crippen molar-refractivity contribution in [2.75, 3.05) is 20.8 Å². The second kappa shape index (κ2) is 7.08. The predicted molar refractivity (Wildman–Crippen MR) is 82.4 cm³/mol. The Balaban J connectivity index is 2.03. The zero-order valence-electron chi connectivity index (χ0n) is 12.3. The Kier molecular flexibility index (Phi) is 5.16. The van der Waals surface area contributed by atoms with Gasteiger partial charge in [-0.2, -0.15) is 0 Å². The molecule has 1 heterocycles. The number of hydrogen-bond acceptors (Lipinski definition) is 5. The molecule has 0 saturated carbocycles. The number of carbonyl (C=O) groups excluding carboxylic acids is 1. The molecule has 0 aliphatic heterocycles. The van der Waals surface area contributed by atoms with Crippen LogP contribution in [-0.2, 0) is 6.42 Å². The predicted octanol–water partition coefficient (Wildman–Crippen LogP) is 2.44. The number of ether oxygens (including phenoxy) is 2. The maximum atomic E-state index is 12.3. The number of methoxy groups -OCH3 is 2. The molecular weight excluding hydrogens is 288 g/mol. The van der Waals surface area contributed by atoms with Crippen molar-refractivity contribution in [2.24, 2.45) is 0 Å². The van der Waals surface area contributed by atoms with Crippen molar-refractivity contribution >= 4 is 17.2 Å². The van der Waals surface area contributed by atoms with Crippen LogP contribution in [0.3, 0.4) is 0 Å². The number of amides is 1. The number of nitrogens with one attached hydrogen (secondary N) is 1. The zero-order valence-corrected chi connectivity index (χ0v) is 13.1. The first-order chi connectivity index (χ1) is 10.2. The van der Waals surface area contributed by atoms with Gasteiger partial charge in [0, 0.05) is 18.3 Å². The Labute approximate surface area is 127 Å². The van der Waals surface area contributed by atoms with Crippen molar-refractivity contribution in [3.05, 3.63) is 39.8 Å². The topological polar surface area (TPSA) is 60.5 Å². The first-order valence-electron chi connectivity index (χ1n) is 6.56. The second-order valence-electron chi connectivity index (χ2n) is 4.40. The Morgan fingerprint density at radius 3 is 2.48 bits per heavy atom. The minimum atomic E-state index is -0.212. The number of carbonyl (C=O) groups is 1. The smallest absolute Gasteiger partial charge is 0.258 e. The van der Waals surface area contributed by atoms with Gasteiger partial charge in [0.25, 0.3) is 5.91 Å². The summed E-state index contributed by atoms with van der Waals surface area (Å²) < 4.78 is 10.5. The van der Waals surface area contributed by atoms with E-state index in [1.54, 1.807) is 29.5 Å². The zero-order chi connectivity index (χ0) is 15.2. The molecule has 0 aliphatic carbocycles. The van der Waals surface area contributed by atoms with Crippen molar-refractivity contribution < 1.29 is 14.3 Å². The summed E-state index contributed by atoms with van der Waals surface area (Å²) in [5.41, 5.74) is 1.40. The van der Waals surface area contributed by atoms with E-state index < -0.39 is 0 Å². The van der Waals surface area contributed by atoms with Crippen LogP contribution in [0.15, 0.2) is 23.6 Å². The molecule has 0 aliphatic rings. The highest BCUT2D eigenvalue weighted by atomic mass is 32.1. The van der Waals surface area contributed by atoms with Crippen LogP contribution in [0.2, 0.25) is 0 Å². The van der Waals surface area contributed by atoms with Crippen LogP contribution in [0.1, 0.15) is 21.1 Å². The Morgan fingerprint density at radius 2 is 1.95 bits per heavy atom. The summed E-state index contributed by atoms with van der Waals surface area (Å²) in [5, 5.41) is 5.91. The van der Waals surface area contributed by atoms with Gasteiger partial charge in [-0.1, -0.05) is 6.07 Å². The summed E-state index contributed by atoms with van der Waals surface area (Å²) in [6.45, 7) is 2.48. The average Bonchev–Trinajstić information content (AvgIpc) is 2.91. The Hall–Kier alpha value is -2.08. The lowest BCUT2D eigenvalue weighted by molar-refractivity contribution is 0.0948. The number of hydrogen-bond donors (Lipinski definition) is 1. The van der Waals surface area contributed by atoms with E-state index in [4.69, 9.17) is 9.47 Å². The normalized spacial score (nSPS) is 10.2. The highest BCUT2D eigenvalue weighted by Gasteiger charge is 2.17. The Morgan fingerprint density at radius 1 is 1.29 bits per heavy atom. The van der Waals surface area contributed by atoms with Crippen molar-refractivity contribution in [1.29, 1.82) is 0 Å². The third-order valence-electron chi connectivity index (χ3n) is 2.99. The number of nitrogens with zero attached hydrogens (tertiary/aromatic N) is 1. The monoisotopic (exact) mass is 306 g/mol. The molecule has 0 fully saturated rings. The van der Waals surface area contributed by atoms with Crippen molar-refractivity contribution in [3.63, 3.8) is 0 Å². The van der Waals surface area contributed by atoms with Gasteiger partial charge in [0.05, 0.1) is 24.9 Å². The van der Waals surface area contributed by atoms with Crippen LogP contribution in [0.4, 0.5) is 0 Å². The molecule has 1 N–H and O–H groups in total. The third-order valence-corrected chi connectivity index (χ3v) is 3.81. The third kappa shape index (κ3) is 3.72. The van der Waals surface area contributed by atoms with E-state index in [1.807, 2.05) is 12.3 Å². The largest absolute Gasteiger partial charge is 0.496 e. The molecule has 0 unspecified atom stereocenters. The first kappa shape index (κ1) is 15.3. The van der Waals surface area contributed by atoms with E-state index in [9.17, 15) is 4.79 Å². The van der Waals surface area contributed by atoms with E-state index in [0.717, 1.165) is 10.7 Å². The van der Waals surface area contributed by atoms with Crippen LogP contribution >= 0.6 is 11.3 Å². The molecular formula is C15H18N2O3S. The van der Waals surface area contributed by atoms with Crippen molar-refractivity contribution in [2.45, 2.75) is 13.3 Å². The van der Waals surface area contributed by atoms with E-state index >= 15 is 0 Å². The van der Waals surface area contributed by atoms with Crippen molar-refractivity contribution in [3.8, 4) is 11.5 Å². The number of aryl methyl sites for hydroxylation is 1. The van der Waals surface area contributed by atoms with Crippen molar-refractivity contribution in [1.82, 2.24) is 10.3 Å². The molecule has 5 nitrogen and oxygen atoms in total. The minimum Gasteiger partial charge on any atom is -0.496 e. The molecule has 2 aromatic rings. The molecule has 112 valence electrons. The van der Waals surface area contributed by atoms with Gasteiger partial charge >= 0.3 is 0 Å². The maximum absolute atomic E-state index is 12.3. The number of aromatic nitrogens is 1. The highest BCUT2D eigenvalue weighted by Crippen LogP contribution is 2.27. The van der Waals surface area contributed by atoms with Gasteiger partial charge < -0.3 is 14.8 Å². The number of thiazole rings is 1. The quantitative estimate of drug-likeness (QED) is 0.890. The summed E-state index contributed by atoms with van der Waals surface area (Å²) >= 11 is 1.61. The minimum absolute atomic E-state index is 0.212. The second-order valence-corrected chi connectivity index (χ2v) is 5.46. The molecule has 0 bridgehead atoms. The SMILES string of the molecule is COc1cccc(OC)c1C(=O)NCCc1csc(C)n1. The maximum Gasteiger partial charge on any atom is 0.258 e. The fourth-order valence-electron chi connectivity index (χ4n) is 1.99.